The van der Waals surface area contributed by atoms with E-state index in [0.29, 0.717) is 11.6 Å². The number of nitrogens with zero attached hydrogens (tertiary/aromatic N) is 1. The Kier molecular flexibility index (Phi) is 6.22. The molecule has 1 N–H and O–H groups in total. The van der Waals surface area contributed by atoms with E-state index in [0.717, 1.165) is 25.0 Å². The number of halogens is 4. The van der Waals surface area contributed by atoms with Crippen LogP contribution >= 0.6 is 11.6 Å². The van der Waals surface area contributed by atoms with Crippen LogP contribution in [-0.4, -0.2) is 5.71 Å². The minimum atomic E-state index is -4.42. The van der Waals surface area contributed by atoms with E-state index in [-0.39, 0.29) is 16.1 Å². The molecule has 1 aromatic carbocycles. The first kappa shape index (κ1) is 20.6. The summed E-state index contributed by atoms with van der Waals surface area (Å²) < 4.78 is 38.4. The van der Waals surface area contributed by atoms with Crippen LogP contribution in [0.15, 0.2) is 47.1 Å². The van der Waals surface area contributed by atoms with Crippen LogP contribution in [0.5, 0.6) is 0 Å². The molecule has 0 aromatic heterocycles. The number of hydrogen-bond donors (Lipinski definition) is 1. The van der Waals surface area contributed by atoms with Crippen LogP contribution in [0.3, 0.4) is 0 Å². The first-order chi connectivity index (χ1) is 12.0. The van der Waals surface area contributed by atoms with Gasteiger partial charge in [-0.3, -0.25) is 5.43 Å². The predicted octanol–water partition coefficient (Wildman–Crippen LogP) is 7.09. The quantitative estimate of drug-likeness (QED) is 0.334. The Labute approximate surface area is 157 Å². The van der Waals surface area contributed by atoms with Gasteiger partial charge in [-0.25, -0.2) is 0 Å². The maximum Gasteiger partial charge on any atom is 0.416 e. The van der Waals surface area contributed by atoms with Crippen LogP contribution < -0.4 is 5.43 Å². The maximum atomic E-state index is 12.8. The number of benzene rings is 1. The summed E-state index contributed by atoms with van der Waals surface area (Å²) in [5, 5.41) is 4.33. The summed E-state index contributed by atoms with van der Waals surface area (Å²) in [6.07, 6.45) is 4.05. The van der Waals surface area contributed by atoms with Gasteiger partial charge >= 0.3 is 6.18 Å². The van der Waals surface area contributed by atoms with Crippen LogP contribution in [0.4, 0.5) is 18.9 Å². The van der Waals surface area contributed by atoms with Gasteiger partial charge < -0.3 is 0 Å². The highest BCUT2D eigenvalue weighted by Gasteiger charge is 2.31. The first-order valence-corrected chi connectivity index (χ1v) is 8.90. The molecule has 1 unspecified atom stereocenters. The van der Waals surface area contributed by atoms with Gasteiger partial charge in [0.1, 0.15) is 0 Å². The van der Waals surface area contributed by atoms with E-state index in [1.54, 1.807) is 6.92 Å². The van der Waals surface area contributed by atoms with Crippen LogP contribution in [0.25, 0.3) is 0 Å². The summed E-state index contributed by atoms with van der Waals surface area (Å²) in [5.41, 5.74) is 4.16. The molecule has 2 nitrogen and oxygen atoms in total. The van der Waals surface area contributed by atoms with Gasteiger partial charge in [-0.05, 0) is 56.4 Å². The van der Waals surface area contributed by atoms with Crippen molar-refractivity contribution in [3.8, 4) is 0 Å². The van der Waals surface area contributed by atoms with E-state index < -0.39 is 11.7 Å². The van der Waals surface area contributed by atoms with Crippen LogP contribution in [0, 0.1) is 11.3 Å². The summed E-state index contributed by atoms with van der Waals surface area (Å²) in [4.78, 5) is 0. The van der Waals surface area contributed by atoms with E-state index in [2.05, 4.69) is 43.5 Å². The fourth-order valence-corrected chi connectivity index (χ4v) is 3.35. The van der Waals surface area contributed by atoms with E-state index in [4.69, 9.17) is 11.6 Å². The molecule has 2 rings (SSSR count). The lowest BCUT2D eigenvalue weighted by Crippen LogP contribution is -2.26. The molecule has 0 saturated heterocycles. The fraction of sp³-hybridized carbons (Fsp3) is 0.450. The number of nitrogens with one attached hydrogen (secondary N) is 1. The largest absolute Gasteiger partial charge is 0.416 e. The molecule has 142 valence electrons. The van der Waals surface area contributed by atoms with Crippen molar-refractivity contribution >= 4 is 23.0 Å². The predicted molar refractivity (Wildman–Crippen MR) is 103 cm³/mol. The molecule has 0 amide bonds. The molecule has 0 radical (unpaired) electrons. The summed E-state index contributed by atoms with van der Waals surface area (Å²) in [6, 6.07) is 3.12. The molecule has 1 aliphatic carbocycles. The van der Waals surface area contributed by atoms with Gasteiger partial charge in [0.15, 0.2) is 0 Å². The maximum absolute atomic E-state index is 12.8. The summed E-state index contributed by atoms with van der Waals surface area (Å²) in [5.74, 6) is 0.318. The van der Waals surface area contributed by atoms with Crippen molar-refractivity contribution in [2.24, 2.45) is 16.4 Å². The van der Waals surface area contributed by atoms with E-state index in [9.17, 15) is 13.2 Å². The summed E-state index contributed by atoms with van der Waals surface area (Å²) in [6.45, 7) is 8.40. The Morgan fingerprint density at radius 3 is 2.65 bits per heavy atom. The van der Waals surface area contributed by atoms with Gasteiger partial charge in [-0.2, -0.15) is 18.3 Å². The molecule has 1 atom stereocenters. The zero-order valence-corrected chi connectivity index (χ0v) is 16.2. The number of alkyl halides is 3. The smallest absolute Gasteiger partial charge is 0.277 e. The van der Waals surface area contributed by atoms with Gasteiger partial charge in [-0.1, -0.05) is 43.2 Å². The van der Waals surface area contributed by atoms with Crippen molar-refractivity contribution in [1.82, 2.24) is 0 Å². The SMILES string of the molecule is CC1=CCCC(C)(C)C1/C=C/C(C)=N/Nc1cc(C(F)(F)F)ccc1Cl. The van der Waals surface area contributed by atoms with Crippen molar-refractivity contribution in [2.75, 3.05) is 5.43 Å². The van der Waals surface area contributed by atoms with Crippen molar-refractivity contribution in [3.05, 3.63) is 52.6 Å². The zero-order chi connectivity index (χ0) is 19.5. The highest BCUT2D eigenvalue weighted by molar-refractivity contribution is 6.33. The second-order valence-electron chi connectivity index (χ2n) is 7.37. The summed E-state index contributed by atoms with van der Waals surface area (Å²) in [7, 11) is 0. The molecular formula is C20H24ClF3N2. The van der Waals surface area contributed by atoms with Gasteiger partial charge in [0.05, 0.1) is 22.0 Å². The van der Waals surface area contributed by atoms with E-state index >= 15 is 0 Å². The second kappa shape index (κ2) is 7.87. The lowest BCUT2D eigenvalue weighted by Gasteiger charge is -2.36. The molecule has 1 aliphatic rings. The lowest BCUT2D eigenvalue weighted by molar-refractivity contribution is -0.137. The van der Waals surface area contributed by atoms with Crippen LogP contribution in [0.1, 0.15) is 46.1 Å². The van der Waals surface area contributed by atoms with Crippen molar-refractivity contribution in [1.29, 1.82) is 0 Å². The molecule has 1 aromatic rings. The number of rotatable bonds is 4. The Balaban J connectivity index is 2.14. The first-order valence-electron chi connectivity index (χ1n) is 8.52. The zero-order valence-electron chi connectivity index (χ0n) is 15.4. The van der Waals surface area contributed by atoms with Crippen molar-refractivity contribution in [2.45, 2.75) is 46.7 Å². The van der Waals surface area contributed by atoms with Crippen LogP contribution in [-0.2, 0) is 6.18 Å². The van der Waals surface area contributed by atoms with E-state index in [1.165, 1.54) is 11.6 Å². The minimum absolute atomic E-state index is 0.128. The standard InChI is InChI=1S/C20H24ClF3N2/c1-13-6-5-11-19(3,4)16(13)9-7-14(2)25-26-18-12-15(20(22,23)24)8-10-17(18)21/h6-10,12,16,26H,5,11H2,1-4H3/b9-7+,25-14+. The number of allylic oxidation sites excluding steroid dienone is 4. The number of anilines is 1. The Bertz CT molecular complexity index is 746. The monoisotopic (exact) mass is 384 g/mol. The topological polar surface area (TPSA) is 24.4 Å². The molecular weight excluding hydrogens is 361 g/mol. The third-order valence-corrected chi connectivity index (χ3v) is 5.09. The molecule has 0 heterocycles. The van der Waals surface area contributed by atoms with Gasteiger partial charge in [-0.15, -0.1) is 0 Å². The Morgan fingerprint density at radius 1 is 1.35 bits per heavy atom. The highest BCUT2D eigenvalue weighted by Crippen LogP contribution is 2.41. The molecule has 0 aliphatic heterocycles. The highest BCUT2D eigenvalue weighted by atomic mass is 35.5. The molecule has 0 fully saturated rings. The van der Waals surface area contributed by atoms with Gasteiger partial charge in [0, 0.05) is 5.92 Å². The van der Waals surface area contributed by atoms with Gasteiger partial charge in [0.25, 0.3) is 0 Å². The second-order valence-corrected chi connectivity index (χ2v) is 7.78. The van der Waals surface area contributed by atoms with Gasteiger partial charge in [0.2, 0.25) is 0 Å². The van der Waals surface area contributed by atoms with Crippen molar-refractivity contribution in [3.63, 3.8) is 0 Å². The number of hydrogen-bond acceptors (Lipinski definition) is 2. The van der Waals surface area contributed by atoms with Crippen molar-refractivity contribution < 1.29 is 13.2 Å². The average Bonchev–Trinajstić information content (AvgIpc) is 2.51. The third kappa shape index (κ3) is 5.13. The molecule has 0 saturated carbocycles. The Hall–Kier alpha value is -1.75. The van der Waals surface area contributed by atoms with Crippen LogP contribution in [0.2, 0.25) is 5.02 Å². The molecule has 0 spiro atoms. The number of hydrazone groups is 1. The molecule has 0 bridgehead atoms. The van der Waals surface area contributed by atoms with E-state index in [1.807, 2.05) is 6.08 Å². The average molecular weight is 385 g/mol. The Morgan fingerprint density at radius 2 is 2.04 bits per heavy atom. The molecule has 26 heavy (non-hydrogen) atoms. The summed E-state index contributed by atoms with van der Waals surface area (Å²) >= 11 is 5.96. The fourth-order valence-electron chi connectivity index (χ4n) is 3.19. The molecule has 6 heteroatoms. The third-order valence-electron chi connectivity index (χ3n) is 4.76. The lowest BCUT2D eigenvalue weighted by atomic mass is 9.68. The minimum Gasteiger partial charge on any atom is -0.277 e. The normalized spacial score (nSPS) is 21.0.